The molecular formula is C12H14N2O3. The summed E-state index contributed by atoms with van der Waals surface area (Å²) in [4.78, 5) is 19.9. The Morgan fingerprint density at radius 2 is 2.41 bits per heavy atom. The zero-order valence-electron chi connectivity index (χ0n) is 9.79. The maximum Gasteiger partial charge on any atom is 0.335 e. The van der Waals surface area contributed by atoms with Gasteiger partial charge in [0.15, 0.2) is 18.5 Å². The summed E-state index contributed by atoms with van der Waals surface area (Å²) in [5.41, 5.74) is 1.69. The van der Waals surface area contributed by atoms with Gasteiger partial charge in [0, 0.05) is 6.20 Å². The lowest BCUT2D eigenvalue weighted by Crippen LogP contribution is -2.27. The highest BCUT2D eigenvalue weighted by molar-refractivity contribution is 5.80. The summed E-state index contributed by atoms with van der Waals surface area (Å²) >= 11 is 0. The van der Waals surface area contributed by atoms with Crippen LogP contribution >= 0.6 is 0 Å². The molecule has 0 fully saturated rings. The minimum absolute atomic E-state index is 0.332. The Hall–Kier alpha value is -1.91. The Labute approximate surface area is 99.5 Å². The van der Waals surface area contributed by atoms with Crippen LogP contribution in [0.1, 0.15) is 24.3 Å². The van der Waals surface area contributed by atoms with Gasteiger partial charge in [0.1, 0.15) is 0 Å². The predicted molar refractivity (Wildman–Crippen MR) is 61.7 cm³/mol. The van der Waals surface area contributed by atoms with Crippen LogP contribution in [0.5, 0.6) is 0 Å². The van der Waals surface area contributed by atoms with Crippen molar-refractivity contribution in [2.45, 2.75) is 26.0 Å². The van der Waals surface area contributed by atoms with Crippen LogP contribution in [0, 0.1) is 6.92 Å². The Balaban J connectivity index is 2.22. The van der Waals surface area contributed by atoms with Gasteiger partial charge in [-0.1, -0.05) is 6.07 Å². The first-order valence-electron chi connectivity index (χ1n) is 5.49. The van der Waals surface area contributed by atoms with Gasteiger partial charge in [0.2, 0.25) is 0 Å². The van der Waals surface area contributed by atoms with Crippen LogP contribution < -0.4 is 0 Å². The molecule has 0 N–H and O–H groups in total. The molecule has 1 aliphatic rings. The Kier molecular flexibility index (Phi) is 3.37. The number of aromatic nitrogens is 1. The second kappa shape index (κ2) is 4.95. The molecule has 0 saturated carbocycles. The Morgan fingerprint density at radius 1 is 1.59 bits per heavy atom. The molecule has 0 radical (unpaired) electrons. The van der Waals surface area contributed by atoms with Crippen LogP contribution in [0.2, 0.25) is 0 Å². The van der Waals surface area contributed by atoms with Crippen LogP contribution in [0.25, 0.3) is 0 Å². The highest BCUT2D eigenvalue weighted by Crippen LogP contribution is 2.28. The fourth-order valence-corrected chi connectivity index (χ4v) is 1.74. The molecule has 0 saturated heterocycles. The zero-order valence-corrected chi connectivity index (χ0v) is 9.79. The second-order valence-corrected chi connectivity index (χ2v) is 3.71. The lowest BCUT2D eigenvalue weighted by molar-refractivity contribution is -0.146. The lowest BCUT2D eigenvalue weighted by Gasteiger charge is -2.16. The summed E-state index contributed by atoms with van der Waals surface area (Å²) in [5.74, 6) is -0.378. The normalized spacial score (nSPS) is 22.2. The fraction of sp³-hybridized carbons (Fsp3) is 0.417. The van der Waals surface area contributed by atoms with Crippen molar-refractivity contribution in [2.75, 3.05) is 6.61 Å². The molecule has 5 heteroatoms. The van der Waals surface area contributed by atoms with Gasteiger partial charge in [-0.2, -0.15) is 0 Å². The molecule has 90 valence electrons. The van der Waals surface area contributed by atoms with Crippen molar-refractivity contribution in [1.82, 2.24) is 4.98 Å². The highest BCUT2D eigenvalue weighted by atomic mass is 16.5. The third kappa shape index (κ3) is 2.27. The molecule has 2 rings (SSSR count). The number of pyridine rings is 1. The Morgan fingerprint density at radius 3 is 3.12 bits per heavy atom. The van der Waals surface area contributed by atoms with E-state index in [0.29, 0.717) is 6.61 Å². The van der Waals surface area contributed by atoms with Crippen molar-refractivity contribution < 1.29 is 14.3 Å². The molecule has 1 aromatic heterocycles. The van der Waals surface area contributed by atoms with Gasteiger partial charge in [0.25, 0.3) is 0 Å². The van der Waals surface area contributed by atoms with E-state index in [9.17, 15) is 4.79 Å². The number of aryl methyl sites for hydroxylation is 1. The third-order valence-corrected chi connectivity index (χ3v) is 2.56. The van der Waals surface area contributed by atoms with Crippen LogP contribution in [0.4, 0.5) is 0 Å². The average Bonchev–Trinajstić information content (AvgIpc) is 2.79. The number of rotatable bonds is 3. The first kappa shape index (κ1) is 11.6. The molecule has 0 aromatic carbocycles. The summed E-state index contributed by atoms with van der Waals surface area (Å²) in [7, 11) is 0. The zero-order chi connectivity index (χ0) is 12.3. The van der Waals surface area contributed by atoms with Crippen LogP contribution in [-0.4, -0.2) is 30.0 Å². The van der Waals surface area contributed by atoms with Crippen LogP contribution in [0.3, 0.4) is 0 Å². The second-order valence-electron chi connectivity index (χ2n) is 3.71. The summed E-state index contributed by atoms with van der Waals surface area (Å²) in [6, 6.07) is 3.11. The van der Waals surface area contributed by atoms with E-state index >= 15 is 0 Å². The number of esters is 1. The number of hydrogen-bond acceptors (Lipinski definition) is 5. The molecule has 0 amide bonds. The predicted octanol–water partition coefficient (Wildman–Crippen LogP) is 1.42. The van der Waals surface area contributed by atoms with Crippen molar-refractivity contribution in [1.29, 1.82) is 0 Å². The van der Waals surface area contributed by atoms with Gasteiger partial charge < -0.3 is 9.47 Å². The molecule has 5 nitrogen and oxygen atoms in total. The summed E-state index contributed by atoms with van der Waals surface area (Å²) < 4.78 is 10.3. The maximum atomic E-state index is 11.7. The van der Waals surface area contributed by atoms with Crippen molar-refractivity contribution >= 4 is 12.4 Å². The molecule has 0 aliphatic carbocycles. The molecule has 2 heterocycles. The number of hydrogen-bond donors (Lipinski definition) is 0. The van der Waals surface area contributed by atoms with Crippen molar-refractivity contribution in [3.05, 3.63) is 29.6 Å². The van der Waals surface area contributed by atoms with Crippen molar-refractivity contribution in [3.63, 3.8) is 0 Å². The molecule has 1 aromatic rings. The van der Waals surface area contributed by atoms with E-state index in [1.54, 1.807) is 13.1 Å². The summed E-state index contributed by atoms with van der Waals surface area (Å²) in [5, 5.41) is 0. The first-order valence-corrected chi connectivity index (χ1v) is 5.49. The largest absolute Gasteiger partial charge is 0.471 e. The summed E-state index contributed by atoms with van der Waals surface area (Å²) in [6.45, 7) is 4.02. The van der Waals surface area contributed by atoms with Crippen molar-refractivity contribution in [3.8, 4) is 0 Å². The van der Waals surface area contributed by atoms with Gasteiger partial charge in [-0.05, 0) is 25.5 Å². The van der Waals surface area contributed by atoms with Gasteiger partial charge in [-0.15, -0.1) is 0 Å². The third-order valence-electron chi connectivity index (χ3n) is 2.56. The number of carbonyl (C=O) groups is 1. The Bertz CT molecular complexity index is 445. The van der Waals surface area contributed by atoms with E-state index in [1.807, 2.05) is 19.1 Å². The van der Waals surface area contributed by atoms with E-state index in [2.05, 4.69) is 9.98 Å². The number of carbonyl (C=O) groups excluding carboxylic acids is 1. The molecule has 0 bridgehead atoms. The average molecular weight is 234 g/mol. The van der Waals surface area contributed by atoms with E-state index in [-0.39, 0.29) is 5.97 Å². The number of aliphatic imine (C=N–C) groups is 1. The highest BCUT2D eigenvalue weighted by Gasteiger charge is 2.36. The smallest absolute Gasteiger partial charge is 0.335 e. The van der Waals surface area contributed by atoms with E-state index in [0.717, 1.165) is 11.3 Å². The van der Waals surface area contributed by atoms with Gasteiger partial charge >= 0.3 is 5.97 Å². The van der Waals surface area contributed by atoms with Crippen LogP contribution in [-0.2, 0) is 14.3 Å². The monoisotopic (exact) mass is 234 g/mol. The maximum absolute atomic E-state index is 11.7. The molecule has 0 spiro atoms. The molecule has 1 aliphatic heterocycles. The van der Waals surface area contributed by atoms with Gasteiger partial charge in [-0.25, -0.2) is 9.79 Å². The number of nitrogens with zero attached hydrogens (tertiary/aromatic N) is 2. The quantitative estimate of drug-likeness (QED) is 0.742. The van der Waals surface area contributed by atoms with E-state index < -0.39 is 12.1 Å². The van der Waals surface area contributed by atoms with E-state index in [4.69, 9.17) is 9.47 Å². The molecular weight excluding hydrogens is 220 g/mol. The van der Waals surface area contributed by atoms with Crippen LogP contribution in [0.15, 0.2) is 23.3 Å². The van der Waals surface area contributed by atoms with Crippen molar-refractivity contribution in [2.24, 2.45) is 4.99 Å². The lowest BCUT2D eigenvalue weighted by atomic mass is 10.0. The molecule has 2 unspecified atom stereocenters. The topological polar surface area (TPSA) is 60.8 Å². The minimum Gasteiger partial charge on any atom is -0.471 e. The standard InChI is InChI=1S/C12H14N2O3/c1-3-16-12(15)10-11(17-7-14-10)9-8(2)5-4-6-13-9/h4-7,10-11H,3H2,1-2H3. The minimum atomic E-state index is -0.649. The number of ether oxygens (including phenoxy) is 2. The van der Waals surface area contributed by atoms with E-state index in [1.165, 1.54) is 6.40 Å². The van der Waals surface area contributed by atoms with Gasteiger partial charge in [0.05, 0.1) is 12.3 Å². The summed E-state index contributed by atoms with van der Waals surface area (Å²) in [6.07, 6.45) is 2.49. The van der Waals surface area contributed by atoms with Gasteiger partial charge in [-0.3, -0.25) is 4.98 Å². The molecule has 2 atom stereocenters. The SMILES string of the molecule is CCOC(=O)C1N=COC1c1ncccc1C. The fourth-order valence-electron chi connectivity index (χ4n) is 1.74. The first-order chi connectivity index (χ1) is 8.24. The molecule has 17 heavy (non-hydrogen) atoms.